The zero-order valence-electron chi connectivity index (χ0n) is 7.08. The molecule has 1 rings (SSSR count). The zero-order chi connectivity index (χ0) is 8.48. The SMILES string of the molecule is C=S1(=O)COCCN1C(C)C. The maximum Gasteiger partial charge on any atom is 0.127 e. The van der Waals surface area contributed by atoms with Gasteiger partial charge in [0.1, 0.15) is 5.94 Å². The van der Waals surface area contributed by atoms with E-state index in [0.717, 1.165) is 6.54 Å². The first-order chi connectivity index (χ1) is 5.04. The lowest BCUT2D eigenvalue weighted by atomic mass is 10.4. The maximum atomic E-state index is 11.7. The topological polar surface area (TPSA) is 29.5 Å². The minimum atomic E-state index is -2.11. The van der Waals surface area contributed by atoms with Crippen molar-refractivity contribution in [3.8, 4) is 0 Å². The van der Waals surface area contributed by atoms with E-state index < -0.39 is 9.71 Å². The number of hydrogen-bond acceptors (Lipinski definition) is 2. The fraction of sp³-hybridized carbons (Fsp3) is 0.857. The third kappa shape index (κ3) is 1.95. The second-order valence-corrected chi connectivity index (χ2v) is 5.28. The fourth-order valence-corrected chi connectivity index (χ4v) is 2.91. The molecule has 0 N–H and O–H groups in total. The van der Waals surface area contributed by atoms with E-state index in [4.69, 9.17) is 4.74 Å². The van der Waals surface area contributed by atoms with Crippen LogP contribution < -0.4 is 0 Å². The summed E-state index contributed by atoms with van der Waals surface area (Å²) < 4.78 is 18.7. The van der Waals surface area contributed by atoms with Gasteiger partial charge in [0.15, 0.2) is 0 Å². The Kier molecular flexibility index (Phi) is 2.57. The molecule has 0 spiro atoms. The lowest BCUT2D eigenvalue weighted by Crippen LogP contribution is -2.44. The number of rotatable bonds is 1. The molecule has 1 aliphatic heterocycles. The molecule has 0 amide bonds. The van der Waals surface area contributed by atoms with E-state index >= 15 is 0 Å². The van der Waals surface area contributed by atoms with E-state index in [1.807, 2.05) is 18.2 Å². The van der Waals surface area contributed by atoms with Gasteiger partial charge >= 0.3 is 0 Å². The minimum Gasteiger partial charge on any atom is -0.366 e. The highest BCUT2D eigenvalue weighted by molar-refractivity contribution is 7.98. The van der Waals surface area contributed by atoms with E-state index in [9.17, 15) is 4.21 Å². The van der Waals surface area contributed by atoms with Crippen LogP contribution in [-0.2, 0) is 14.4 Å². The van der Waals surface area contributed by atoms with Gasteiger partial charge in [-0.05, 0) is 19.7 Å². The predicted molar refractivity (Wildman–Crippen MR) is 47.9 cm³/mol. The molecule has 3 nitrogen and oxygen atoms in total. The van der Waals surface area contributed by atoms with Crippen molar-refractivity contribution >= 4 is 15.6 Å². The van der Waals surface area contributed by atoms with Crippen LogP contribution in [0.5, 0.6) is 0 Å². The molecule has 11 heavy (non-hydrogen) atoms. The Bertz CT molecular complexity index is 221. The lowest BCUT2D eigenvalue weighted by Gasteiger charge is -2.33. The molecule has 0 radical (unpaired) electrons. The molecule has 1 fully saturated rings. The first-order valence-electron chi connectivity index (χ1n) is 3.73. The molecule has 4 heteroatoms. The van der Waals surface area contributed by atoms with Gasteiger partial charge < -0.3 is 4.74 Å². The van der Waals surface area contributed by atoms with E-state index in [0.29, 0.717) is 12.6 Å². The van der Waals surface area contributed by atoms with Crippen molar-refractivity contribution in [2.45, 2.75) is 19.9 Å². The van der Waals surface area contributed by atoms with Gasteiger partial charge in [-0.15, -0.1) is 0 Å². The van der Waals surface area contributed by atoms with Crippen molar-refractivity contribution in [3.05, 3.63) is 0 Å². The van der Waals surface area contributed by atoms with Gasteiger partial charge in [0, 0.05) is 12.6 Å². The van der Waals surface area contributed by atoms with Crippen LogP contribution in [-0.4, -0.2) is 39.5 Å². The second-order valence-electron chi connectivity index (χ2n) is 3.03. The molecular weight excluding hydrogens is 162 g/mol. The van der Waals surface area contributed by atoms with Crippen LogP contribution in [0.25, 0.3) is 0 Å². The van der Waals surface area contributed by atoms with Crippen molar-refractivity contribution in [2.24, 2.45) is 0 Å². The van der Waals surface area contributed by atoms with Crippen LogP contribution in [0, 0.1) is 0 Å². The highest BCUT2D eigenvalue weighted by Gasteiger charge is 2.22. The summed E-state index contributed by atoms with van der Waals surface area (Å²) in [7, 11) is -2.11. The van der Waals surface area contributed by atoms with Gasteiger partial charge in [0.25, 0.3) is 0 Å². The monoisotopic (exact) mass is 177 g/mol. The molecular formula is C7H15NO2S. The molecule has 0 bridgehead atoms. The predicted octanol–water partition coefficient (Wildman–Crippen LogP) is 0.316. The third-order valence-electron chi connectivity index (χ3n) is 1.73. The van der Waals surface area contributed by atoms with Gasteiger partial charge in [0.05, 0.1) is 16.3 Å². The molecule has 1 heterocycles. The van der Waals surface area contributed by atoms with E-state index in [1.165, 1.54) is 0 Å². The third-order valence-corrected chi connectivity index (χ3v) is 3.72. The van der Waals surface area contributed by atoms with Crippen LogP contribution in [0.1, 0.15) is 13.8 Å². The highest BCUT2D eigenvalue weighted by atomic mass is 32.2. The average molecular weight is 177 g/mol. The van der Waals surface area contributed by atoms with Crippen LogP contribution in [0.15, 0.2) is 0 Å². The zero-order valence-corrected chi connectivity index (χ0v) is 7.89. The number of nitrogens with zero attached hydrogens (tertiary/aromatic N) is 1. The summed E-state index contributed by atoms with van der Waals surface area (Å²) in [6, 6.07) is 0.295. The molecule has 1 aliphatic rings. The molecule has 1 saturated heterocycles. The standard InChI is InChI=1S/C7H15NO2S/c1-7(2)8-4-5-10-6-11(8,3)9/h7H,3-6H2,1-2H3. The van der Waals surface area contributed by atoms with Crippen LogP contribution in [0.4, 0.5) is 0 Å². The molecule has 1 atom stereocenters. The molecule has 66 valence electrons. The van der Waals surface area contributed by atoms with Crippen molar-refractivity contribution in [3.63, 3.8) is 0 Å². The van der Waals surface area contributed by atoms with Crippen LogP contribution in [0.3, 0.4) is 0 Å². The van der Waals surface area contributed by atoms with E-state index in [1.54, 1.807) is 0 Å². The summed E-state index contributed by atoms with van der Waals surface area (Å²) in [5.74, 6) is 3.94. The second kappa shape index (κ2) is 3.13. The summed E-state index contributed by atoms with van der Waals surface area (Å²) in [5.41, 5.74) is 0. The van der Waals surface area contributed by atoms with Crippen molar-refractivity contribution in [2.75, 3.05) is 19.1 Å². The molecule has 0 aromatic carbocycles. The Hall–Kier alpha value is -0.0600. The van der Waals surface area contributed by atoms with Gasteiger partial charge in [-0.25, -0.2) is 4.31 Å². The Morgan fingerprint density at radius 3 is 2.64 bits per heavy atom. The Morgan fingerprint density at radius 2 is 2.27 bits per heavy atom. The Labute approximate surface area is 68.5 Å². The average Bonchev–Trinajstić information content (AvgIpc) is 1.85. The van der Waals surface area contributed by atoms with E-state index in [2.05, 4.69) is 5.87 Å². The van der Waals surface area contributed by atoms with Gasteiger partial charge in [-0.2, -0.15) is 0 Å². The van der Waals surface area contributed by atoms with Crippen LogP contribution in [0.2, 0.25) is 0 Å². The summed E-state index contributed by atoms with van der Waals surface area (Å²) in [4.78, 5) is 0. The summed E-state index contributed by atoms with van der Waals surface area (Å²) in [6.45, 7) is 5.46. The number of ether oxygens (including phenoxy) is 1. The minimum absolute atomic E-state index is 0.283. The molecule has 0 aliphatic carbocycles. The maximum absolute atomic E-state index is 11.7. The molecule has 1 unspecified atom stereocenters. The highest BCUT2D eigenvalue weighted by Crippen LogP contribution is 2.11. The fourth-order valence-electron chi connectivity index (χ4n) is 1.22. The van der Waals surface area contributed by atoms with Crippen molar-refractivity contribution < 1.29 is 8.95 Å². The Morgan fingerprint density at radius 1 is 1.64 bits per heavy atom. The first-order valence-corrected chi connectivity index (χ1v) is 5.59. The molecule has 0 saturated carbocycles. The van der Waals surface area contributed by atoms with Crippen molar-refractivity contribution in [1.29, 1.82) is 0 Å². The van der Waals surface area contributed by atoms with E-state index in [-0.39, 0.29) is 5.94 Å². The first kappa shape index (κ1) is 9.03. The summed E-state index contributed by atoms with van der Waals surface area (Å²) >= 11 is 0. The normalized spacial score (nSPS) is 34.5. The van der Waals surface area contributed by atoms with Crippen molar-refractivity contribution in [1.82, 2.24) is 4.31 Å². The van der Waals surface area contributed by atoms with Gasteiger partial charge in [-0.3, -0.25) is 4.21 Å². The van der Waals surface area contributed by atoms with Gasteiger partial charge in [0.2, 0.25) is 0 Å². The van der Waals surface area contributed by atoms with Gasteiger partial charge in [-0.1, -0.05) is 0 Å². The molecule has 0 aromatic rings. The quantitative estimate of drug-likeness (QED) is 0.540. The summed E-state index contributed by atoms with van der Waals surface area (Å²) in [6.07, 6.45) is 0. The largest absolute Gasteiger partial charge is 0.366 e. The smallest absolute Gasteiger partial charge is 0.127 e. The summed E-state index contributed by atoms with van der Waals surface area (Å²) in [5, 5.41) is 0. The molecule has 0 aromatic heterocycles. The Balaban J connectivity index is 2.76. The number of hydrogen-bond donors (Lipinski definition) is 0. The van der Waals surface area contributed by atoms with Crippen LogP contribution >= 0.6 is 0 Å². The lowest BCUT2D eigenvalue weighted by molar-refractivity contribution is 0.130.